The standard InChI is InChI=1S/C22H15ClN4O2S/c1-29-19-9-5-3-7-14(19)18(28)12-30-22-16(11-25)20(15(10-24)21(26)27-22)13-6-2-4-8-17(13)23/h2-9H,12H2,1H3,(H2,26,27). The molecule has 3 aromatic rings. The normalized spacial score (nSPS) is 10.1. The second-order valence-electron chi connectivity index (χ2n) is 6.04. The van der Waals surface area contributed by atoms with Gasteiger partial charge in [-0.2, -0.15) is 10.5 Å². The molecule has 0 saturated heterocycles. The van der Waals surface area contributed by atoms with Gasteiger partial charge < -0.3 is 10.5 Å². The van der Waals surface area contributed by atoms with Crippen LogP contribution in [0, 0.1) is 22.7 Å². The quantitative estimate of drug-likeness (QED) is 0.441. The predicted octanol–water partition coefficient (Wildman–Crippen LogP) is 4.71. The van der Waals surface area contributed by atoms with Gasteiger partial charge in [0.2, 0.25) is 0 Å². The molecule has 3 rings (SSSR count). The first kappa shape index (κ1) is 21.2. The van der Waals surface area contributed by atoms with E-state index in [-0.39, 0.29) is 33.5 Å². The predicted molar refractivity (Wildman–Crippen MR) is 117 cm³/mol. The molecule has 0 fully saturated rings. The molecule has 148 valence electrons. The van der Waals surface area contributed by atoms with Crippen LogP contribution in [-0.2, 0) is 0 Å². The highest BCUT2D eigenvalue weighted by molar-refractivity contribution is 8.00. The van der Waals surface area contributed by atoms with Gasteiger partial charge in [0, 0.05) is 16.1 Å². The van der Waals surface area contributed by atoms with Crippen LogP contribution in [0.1, 0.15) is 21.5 Å². The molecule has 8 heteroatoms. The molecule has 0 unspecified atom stereocenters. The van der Waals surface area contributed by atoms with E-state index in [1.165, 1.54) is 7.11 Å². The minimum Gasteiger partial charge on any atom is -0.496 e. The minimum absolute atomic E-state index is 0.00928. The van der Waals surface area contributed by atoms with Crippen LogP contribution in [0.3, 0.4) is 0 Å². The summed E-state index contributed by atoms with van der Waals surface area (Å²) in [6.45, 7) is 0. The van der Waals surface area contributed by atoms with Crippen molar-refractivity contribution in [3.05, 3.63) is 70.2 Å². The first-order valence-corrected chi connectivity index (χ1v) is 10.1. The molecule has 0 atom stereocenters. The molecule has 6 nitrogen and oxygen atoms in total. The Morgan fingerprint density at radius 2 is 1.80 bits per heavy atom. The fourth-order valence-electron chi connectivity index (χ4n) is 2.92. The number of Topliss-reactive ketones (excluding diaryl/α,β-unsaturated/α-hetero) is 1. The van der Waals surface area contributed by atoms with Crippen molar-refractivity contribution in [2.45, 2.75) is 5.03 Å². The summed E-state index contributed by atoms with van der Waals surface area (Å²) < 4.78 is 5.23. The number of hydrogen-bond donors (Lipinski definition) is 1. The molecule has 2 aromatic carbocycles. The number of halogens is 1. The summed E-state index contributed by atoms with van der Waals surface area (Å²) in [7, 11) is 1.49. The number of nitrogens with zero attached hydrogens (tertiary/aromatic N) is 3. The molecule has 30 heavy (non-hydrogen) atoms. The molecule has 1 aromatic heterocycles. The van der Waals surface area contributed by atoms with Crippen molar-refractivity contribution in [3.63, 3.8) is 0 Å². The first-order valence-electron chi connectivity index (χ1n) is 8.69. The van der Waals surface area contributed by atoms with Crippen LogP contribution < -0.4 is 10.5 Å². The molecular formula is C22H15ClN4O2S. The van der Waals surface area contributed by atoms with E-state index in [1.54, 1.807) is 48.5 Å². The van der Waals surface area contributed by atoms with Crippen LogP contribution in [0.15, 0.2) is 53.6 Å². The zero-order valence-electron chi connectivity index (χ0n) is 15.8. The molecule has 0 bridgehead atoms. The lowest BCUT2D eigenvalue weighted by Crippen LogP contribution is -2.07. The smallest absolute Gasteiger partial charge is 0.176 e. The number of nitriles is 2. The zero-order chi connectivity index (χ0) is 21.7. The van der Waals surface area contributed by atoms with Crippen molar-refractivity contribution in [1.29, 1.82) is 10.5 Å². The van der Waals surface area contributed by atoms with E-state index < -0.39 is 0 Å². The number of methoxy groups -OCH3 is 1. The van der Waals surface area contributed by atoms with Gasteiger partial charge >= 0.3 is 0 Å². The molecule has 0 aliphatic heterocycles. The Balaban J connectivity index is 2.05. The van der Waals surface area contributed by atoms with Crippen molar-refractivity contribution in [2.24, 2.45) is 0 Å². The number of hydrogen-bond acceptors (Lipinski definition) is 7. The number of ether oxygens (including phenoxy) is 1. The third kappa shape index (κ3) is 4.08. The molecule has 1 heterocycles. The van der Waals surface area contributed by atoms with Crippen LogP contribution in [-0.4, -0.2) is 23.6 Å². The number of ketones is 1. The summed E-state index contributed by atoms with van der Waals surface area (Å²) >= 11 is 7.38. The van der Waals surface area contributed by atoms with Crippen molar-refractivity contribution < 1.29 is 9.53 Å². The maximum absolute atomic E-state index is 12.7. The largest absolute Gasteiger partial charge is 0.496 e. The number of aromatic nitrogens is 1. The van der Waals surface area contributed by atoms with Gasteiger partial charge in [-0.25, -0.2) is 4.98 Å². The second-order valence-corrected chi connectivity index (χ2v) is 7.41. The van der Waals surface area contributed by atoms with Crippen LogP contribution in [0.4, 0.5) is 5.82 Å². The van der Waals surface area contributed by atoms with Gasteiger partial charge in [0.25, 0.3) is 0 Å². The van der Waals surface area contributed by atoms with Crippen molar-refractivity contribution in [2.75, 3.05) is 18.6 Å². The number of thioether (sulfide) groups is 1. The van der Waals surface area contributed by atoms with Gasteiger partial charge in [-0.05, 0) is 18.2 Å². The lowest BCUT2D eigenvalue weighted by molar-refractivity contribution is 0.101. The monoisotopic (exact) mass is 434 g/mol. The zero-order valence-corrected chi connectivity index (χ0v) is 17.4. The Labute approximate surface area is 182 Å². The Morgan fingerprint density at radius 1 is 1.13 bits per heavy atom. The van der Waals surface area contributed by atoms with Crippen molar-refractivity contribution >= 4 is 35.0 Å². The molecule has 0 amide bonds. The second kappa shape index (κ2) is 9.32. The number of rotatable bonds is 6. The first-order chi connectivity index (χ1) is 14.5. The number of anilines is 1. The summed E-state index contributed by atoms with van der Waals surface area (Å²) in [6, 6.07) is 17.8. The summed E-state index contributed by atoms with van der Waals surface area (Å²) in [5, 5.41) is 20.0. The fourth-order valence-corrected chi connectivity index (χ4v) is 4.03. The highest BCUT2D eigenvalue weighted by Gasteiger charge is 2.23. The lowest BCUT2D eigenvalue weighted by Gasteiger charge is -2.14. The molecule has 2 N–H and O–H groups in total. The number of nitrogens with two attached hydrogens (primary N) is 1. The number of pyridine rings is 1. The van der Waals surface area contributed by atoms with Crippen LogP contribution in [0.25, 0.3) is 11.1 Å². The Bertz CT molecular complexity index is 1210. The molecular weight excluding hydrogens is 420 g/mol. The maximum Gasteiger partial charge on any atom is 0.176 e. The number of nitrogen functional groups attached to an aromatic ring is 1. The number of para-hydroxylation sites is 1. The van der Waals surface area contributed by atoms with Crippen LogP contribution in [0.2, 0.25) is 5.02 Å². The highest BCUT2D eigenvalue weighted by Crippen LogP contribution is 2.38. The van der Waals surface area contributed by atoms with E-state index in [0.717, 1.165) is 11.8 Å². The SMILES string of the molecule is COc1ccccc1C(=O)CSc1nc(N)c(C#N)c(-c2ccccc2Cl)c1C#N. The summed E-state index contributed by atoms with van der Waals surface area (Å²) in [6.07, 6.45) is 0. The van der Waals surface area contributed by atoms with Crippen LogP contribution >= 0.6 is 23.4 Å². The Morgan fingerprint density at radius 3 is 2.47 bits per heavy atom. The van der Waals surface area contributed by atoms with Gasteiger partial charge in [0.1, 0.15) is 34.3 Å². The van der Waals surface area contributed by atoms with E-state index >= 15 is 0 Å². The number of benzene rings is 2. The van der Waals surface area contributed by atoms with E-state index in [2.05, 4.69) is 11.1 Å². The van der Waals surface area contributed by atoms with Crippen LogP contribution in [0.5, 0.6) is 5.75 Å². The van der Waals surface area contributed by atoms with Crippen molar-refractivity contribution in [1.82, 2.24) is 4.98 Å². The Kier molecular flexibility index (Phi) is 6.58. The van der Waals surface area contributed by atoms with Gasteiger partial charge in [0.15, 0.2) is 5.78 Å². The number of carbonyl (C=O) groups excluding carboxylic acids is 1. The molecule has 0 aliphatic rings. The maximum atomic E-state index is 12.7. The number of carbonyl (C=O) groups is 1. The van der Waals surface area contributed by atoms with E-state index in [0.29, 0.717) is 27.5 Å². The lowest BCUT2D eigenvalue weighted by atomic mass is 9.97. The topological polar surface area (TPSA) is 113 Å². The van der Waals surface area contributed by atoms with Gasteiger partial charge in [-0.3, -0.25) is 4.79 Å². The highest BCUT2D eigenvalue weighted by atomic mass is 35.5. The summed E-state index contributed by atoms with van der Waals surface area (Å²) in [5.41, 5.74) is 7.46. The molecule has 0 spiro atoms. The molecule has 0 saturated carbocycles. The van der Waals surface area contributed by atoms with Crippen molar-refractivity contribution in [3.8, 4) is 29.0 Å². The molecule has 0 aliphatic carbocycles. The summed E-state index contributed by atoms with van der Waals surface area (Å²) in [5.74, 6) is 0.256. The fraction of sp³-hybridized carbons (Fsp3) is 0.0909. The van der Waals surface area contributed by atoms with E-state index in [4.69, 9.17) is 22.1 Å². The van der Waals surface area contributed by atoms with Gasteiger partial charge in [0.05, 0.1) is 24.0 Å². The minimum atomic E-state index is -0.189. The average molecular weight is 435 g/mol. The third-order valence-corrected chi connectivity index (χ3v) is 5.61. The van der Waals surface area contributed by atoms with E-state index in [9.17, 15) is 15.3 Å². The van der Waals surface area contributed by atoms with Gasteiger partial charge in [-0.15, -0.1) is 0 Å². The van der Waals surface area contributed by atoms with Gasteiger partial charge in [-0.1, -0.05) is 53.7 Å². The summed E-state index contributed by atoms with van der Waals surface area (Å²) in [4.78, 5) is 16.9. The third-order valence-electron chi connectivity index (χ3n) is 4.31. The average Bonchev–Trinajstić information content (AvgIpc) is 2.77. The van der Waals surface area contributed by atoms with E-state index in [1.807, 2.05) is 6.07 Å². The molecule has 0 radical (unpaired) electrons. The Hall–Kier alpha value is -3.52.